The van der Waals surface area contributed by atoms with Crippen molar-refractivity contribution in [1.29, 1.82) is 0 Å². The number of halogens is 1. The van der Waals surface area contributed by atoms with Crippen molar-refractivity contribution in [3.63, 3.8) is 0 Å². The predicted molar refractivity (Wildman–Crippen MR) is 143 cm³/mol. The van der Waals surface area contributed by atoms with Gasteiger partial charge in [0.25, 0.3) is 0 Å². The van der Waals surface area contributed by atoms with Crippen LogP contribution in [0.4, 0.5) is 0 Å². The van der Waals surface area contributed by atoms with E-state index in [4.69, 9.17) is 0 Å². The van der Waals surface area contributed by atoms with Crippen LogP contribution in [-0.4, -0.2) is 25.8 Å². The lowest BCUT2D eigenvalue weighted by atomic mass is 9.96. The van der Waals surface area contributed by atoms with Crippen LogP contribution in [0.25, 0.3) is 22.5 Å². The molecule has 0 aliphatic carbocycles. The molecule has 6 heteroatoms. The standard InChI is InChI=1S/C15H18N2O.C13H15BrN2/c1-15(2,3)14-16-13(9-17(14)4)12-7-5-11(10-18)6-8-12;1-13(2,3)12-15-8-11(16-12)9-4-6-10(14)7-5-9/h5-10H,1-4H3;4-8H,1-3H3,(H,15,16). The number of H-pyrrole nitrogens is 1. The molecule has 34 heavy (non-hydrogen) atoms. The molecule has 1 N–H and O–H groups in total. The minimum absolute atomic E-state index is 0.0235. The first-order valence-corrected chi connectivity index (χ1v) is 12.1. The van der Waals surface area contributed by atoms with Gasteiger partial charge in [-0.25, -0.2) is 9.97 Å². The third kappa shape index (κ3) is 6.32. The van der Waals surface area contributed by atoms with Gasteiger partial charge in [-0.1, -0.05) is 93.9 Å². The molecular formula is C28H33BrN4O. The van der Waals surface area contributed by atoms with E-state index in [2.05, 4.69) is 89.1 Å². The van der Waals surface area contributed by atoms with E-state index in [-0.39, 0.29) is 10.8 Å². The van der Waals surface area contributed by atoms with E-state index >= 15 is 0 Å². The molecule has 0 fully saturated rings. The Morgan fingerprint density at radius 2 is 1.47 bits per heavy atom. The third-order valence-corrected chi connectivity index (χ3v) is 5.86. The van der Waals surface area contributed by atoms with Crippen molar-refractivity contribution < 1.29 is 4.79 Å². The number of rotatable bonds is 3. The molecule has 0 spiro atoms. The molecule has 0 unspecified atom stereocenters. The van der Waals surface area contributed by atoms with Crippen LogP contribution in [-0.2, 0) is 17.9 Å². The fraction of sp³-hybridized carbons (Fsp3) is 0.321. The molecule has 2 aromatic heterocycles. The second-order valence-corrected chi connectivity index (χ2v) is 11.4. The molecule has 4 rings (SSSR count). The quantitative estimate of drug-likeness (QED) is 0.287. The van der Waals surface area contributed by atoms with Gasteiger partial charge >= 0.3 is 0 Å². The van der Waals surface area contributed by atoms with Crippen molar-refractivity contribution in [3.8, 4) is 22.5 Å². The van der Waals surface area contributed by atoms with Crippen LogP contribution in [0.2, 0.25) is 0 Å². The van der Waals surface area contributed by atoms with Crippen molar-refractivity contribution in [1.82, 2.24) is 19.5 Å². The van der Waals surface area contributed by atoms with Gasteiger partial charge in [0.1, 0.15) is 17.9 Å². The molecular weight excluding hydrogens is 488 g/mol. The average Bonchev–Trinajstić information content (AvgIpc) is 3.42. The molecule has 5 nitrogen and oxygen atoms in total. The molecule has 178 valence electrons. The summed E-state index contributed by atoms with van der Waals surface area (Å²) in [5, 5.41) is 0. The lowest BCUT2D eigenvalue weighted by Gasteiger charge is -2.17. The number of nitrogens with zero attached hydrogens (tertiary/aromatic N) is 3. The van der Waals surface area contributed by atoms with Crippen molar-refractivity contribution in [2.75, 3.05) is 0 Å². The Balaban J connectivity index is 0.000000192. The molecule has 0 amide bonds. The van der Waals surface area contributed by atoms with Crippen LogP contribution in [0, 0.1) is 0 Å². The van der Waals surface area contributed by atoms with E-state index in [0.29, 0.717) is 5.56 Å². The van der Waals surface area contributed by atoms with Gasteiger partial charge in [0.05, 0.1) is 17.6 Å². The summed E-state index contributed by atoms with van der Waals surface area (Å²) in [5.41, 5.74) is 4.98. The first-order valence-electron chi connectivity index (χ1n) is 11.3. The molecule has 0 saturated carbocycles. The van der Waals surface area contributed by atoms with E-state index < -0.39 is 0 Å². The number of aromatic nitrogens is 4. The highest BCUT2D eigenvalue weighted by molar-refractivity contribution is 9.10. The normalized spacial score (nSPS) is 11.6. The van der Waals surface area contributed by atoms with Crippen LogP contribution in [0.5, 0.6) is 0 Å². The molecule has 0 saturated heterocycles. The minimum atomic E-state index is 0.0235. The lowest BCUT2D eigenvalue weighted by molar-refractivity contribution is 0.112. The van der Waals surface area contributed by atoms with Crippen LogP contribution < -0.4 is 0 Å². The monoisotopic (exact) mass is 520 g/mol. The average molecular weight is 522 g/mol. The van der Waals surface area contributed by atoms with E-state index in [1.54, 1.807) is 0 Å². The number of benzene rings is 2. The molecule has 0 aliphatic rings. The maximum atomic E-state index is 10.6. The van der Waals surface area contributed by atoms with E-state index in [1.165, 1.54) is 0 Å². The summed E-state index contributed by atoms with van der Waals surface area (Å²) in [6, 6.07) is 15.7. The summed E-state index contributed by atoms with van der Waals surface area (Å²) >= 11 is 3.43. The Kier molecular flexibility index (Phi) is 7.61. The van der Waals surface area contributed by atoms with Gasteiger partial charge in [-0.05, 0) is 17.7 Å². The molecule has 0 radical (unpaired) electrons. The smallest absolute Gasteiger partial charge is 0.150 e. The highest BCUT2D eigenvalue weighted by Gasteiger charge is 2.20. The molecule has 0 bridgehead atoms. The third-order valence-electron chi connectivity index (χ3n) is 5.33. The number of carbonyl (C=O) groups excluding carboxylic acids is 1. The van der Waals surface area contributed by atoms with Gasteiger partial charge < -0.3 is 9.55 Å². The van der Waals surface area contributed by atoms with Crippen molar-refractivity contribution >= 4 is 22.2 Å². The number of aldehydes is 1. The molecule has 0 aliphatic heterocycles. The zero-order chi connectivity index (χ0) is 25.1. The number of carbonyl (C=O) groups is 1. The summed E-state index contributed by atoms with van der Waals surface area (Å²) in [5.74, 6) is 2.07. The topological polar surface area (TPSA) is 63.6 Å². The summed E-state index contributed by atoms with van der Waals surface area (Å²) in [4.78, 5) is 23.1. The Labute approximate surface area is 210 Å². The van der Waals surface area contributed by atoms with Gasteiger partial charge in [0, 0.05) is 39.7 Å². The van der Waals surface area contributed by atoms with Crippen molar-refractivity contribution in [2.45, 2.75) is 52.4 Å². The van der Waals surface area contributed by atoms with Crippen LogP contribution >= 0.6 is 15.9 Å². The summed E-state index contributed by atoms with van der Waals surface area (Å²) < 4.78 is 3.15. The number of imidazole rings is 2. The lowest BCUT2D eigenvalue weighted by Crippen LogP contribution is -2.17. The fourth-order valence-corrected chi connectivity index (χ4v) is 3.78. The largest absolute Gasteiger partial charge is 0.342 e. The number of aryl methyl sites for hydroxylation is 1. The van der Waals surface area contributed by atoms with Gasteiger partial charge in [0.15, 0.2) is 0 Å². The Hall–Kier alpha value is -2.99. The maximum Gasteiger partial charge on any atom is 0.150 e. The second-order valence-electron chi connectivity index (χ2n) is 10.5. The zero-order valence-corrected chi connectivity index (χ0v) is 22.6. The second kappa shape index (κ2) is 10.1. The number of hydrogen-bond donors (Lipinski definition) is 1. The van der Waals surface area contributed by atoms with Gasteiger partial charge in [-0.3, -0.25) is 4.79 Å². The molecule has 2 aromatic carbocycles. The van der Waals surface area contributed by atoms with Gasteiger partial charge in [-0.2, -0.15) is 0 Å². The summed E-state index contributed by atoms with van der Waals surface area (Å²) in [6.07, 6.45) is 4.77. The van der Waals surface area contributed by atoms with Crippen LogP contribution in [0.3, 0.4) is 0 Å². The first kappa shape index (κ1) is 25.6. The van der Waals surface area contributed by atoms with Crippen LogP contribution in [0.1, 0.15) is 63.5 Å². The van der Waals surface area contributed by atoms with Gasteiger partial charge in [0.2, 0.25) is 0 Å². The highest BCUT2D eigenvalue weighted by Crippen LogP contribution is 2.26. The van der Waals surface area contributed by atoms with Crippen molar-refractivity contribution in [2.24, 2.45) is 7.05 Å². The minimum Gasteiger partial charge on any atom is -0.342 e. The maximum absolute atomic E-state index is 10.6. The molecule has 2 heterocycles. The summed E-state index contributed by atoms with van der Waals surface area (Å²) in [7, 11) is 2.01. The number of hydrogen-bond acceptors (Lipinski definition) is 3. The van der Waals surface area contributed by atoms with Crippen LogP contribution in [0.15, 0.2) is 65.4 Å². The predicted octanol–water partition coefficient (Wildman–Crippen LogP) is 7.33. The summed E-state index contributed by atoms with van der Waals surface area (Å²) in [6.45, 7) is 12.9. The fourth-order valence-electron chi connectivity index (χ4n) is 3.51. The Morgan fingerprint density at radius 1 is 0.882 bits per heavy atom. The van der Waals surface area contributed by atoms with Gasteiger partial charge in [-0.15, -0.1) is 0 Å². The highest BCUT2D eigenvalue weighted by atomic mass is 79.9. The van der Waals surface area contributed by atoms with E-state index in [0.717, 1.165) is 44.9 Å². The first-order chi connectivity index (χ1) is 15.9. The number of aromatic amines is 1. The molecule has 4 aromatic rings. The number of nitrogens with one attached hydrogen (secondary N) is 1. The molecule has 0 atom stereocenters. The van der Waals surface area contributed by atoms with E-state index in [9.17, 15) is 4.79 Å². The Bertz CT molecular complexity index is 1240. The SMILES string of the molecule is CC(C)(C)c1ncc(-c2ccc(Br)cc2)[nH]1.Cn1cc(-c2ccc(C=O)cc2)nc1C(C)(C)C. The van der Waals surface area contributed by atoms with Crippen molar-refractivity contribution in [3.05, 3.63) is 82.6 Å². The Morgan fingerprint density at radius 3 is 1.94 bits per heavy atom. The van der Waals surface area contributed by atoms with E-state index in [1.807, 2.05) is 55.8 Å². The zero-order valence-electron chi connectivity index (χ0n) is 21.0.